The number of aromatic nitrogens is 2. The zero-order chi connectivity index (χ0) is 18.2. The van der Waals surface area contributed by atoms with Crippen molar-refractivity contribution in [2.45, 2.75) is 19.4 Å². The van der Waals surface area contributed by atoms with Gasteiger partial charge in [-0.05, 0) is 42.8 Å². The van der Waals surface area contributed by atoms with E-state index >= 15 is 0 Å². The number of hydrogen-bond donors (Lipinski definition) is 1. The van der Waals surface area contributed by atoms with Crippen molar-refractivity contribution in [3.8, 4) is 17.1 Å². The summed E-state index contributed by atoms with van der Waals surface area (Å²) in [6.07, 6.45) is 0.942. The Kier molecular flexibility index (Phi) is 5.92. The summed E-state index contributed by atoms with van der Waals surface area (Å²) in [7, 11) is 0. The van der Waals surface area contributed by atoms with Crippen LogP contribution in [0.2, 0.25) is 0 Å². The number of nitrogens with zero attached hydrogens (tertiary/aromatic N) is 2. The topological polar surface area (TPSA) is 77.2 Å². The van der Waals surface area contributed by atoms with Gasteiger partial charge < -0.3 is 14.6 Å². The molecule has 1 amide bonds. The zero-order valence-electron chi connectivity index (χ0n) is 14.0. The molecule has 1 heterocycles. The van der Waals surface area contributed by atoms with Crippen LogP contribution in [-0.4, -0.2) is 22.7 Å². The van der Waals surface area contributed by atoms with Gasteiger partial charge in [0.1, 0.15) is 11.6 Å². The molecule has 0 fully saturated rings. The standard InChI is InChI=1S/C19H18FN3O3/c20-15-10-8-14(9-11-15)19-22-18(26-23-19)13-21-17(24)7-4-12-25-16-5-2-1-3-6-16/h1-3,5-6,8-11H,4,7,12-13H2,(H,21,24). The average molecular weight is 355 g/mol. The van der Waals surface area contributed by atoms with Crippen molar-refractivity contribution in [3.05, 3.63) is 66.3 Å². The van der Waals surface area contributed by atoms with Gasteiger partial charge in [0.05, 0.1) is 13.2 Å². The second kappa shape index (κ2) is 8.75. The first kappa shape index (κ1) is 17.6. The second-order valence-electron chi connectivity index (χ2n) is 5.56. The van der Waals surface area contributed by atoms with Gasteiger partial charge in [0.2, 0.25) is 17.6 Å². The van der Waals surface area contributed by atoms with Crippen molar-refractivity contribution in [2.75, 3.05) is 6.61 Å². The van der Waals surface area contributed by atoms with E-state index in [0.717, 1.165) is 5.75 Å². The van der Waals surface area contributed by atoms with E-state index in [1.165, 1.54) is 12.1 Å². The van der Waals surface area contributed by atoms with Crippen LogP contribution in [0.3, 0.4) is 0 Å². The van der Waals surface area contributed by atoms with E-state index in [0.29, 0.717) is 36.7 Å². The monoisotopic (exact) mass is 355 g/mol. The van der Waals surface area contributed by atoms with E-state index in [-0.39, 0.29) is 18.3 Å². The maximum absolute atomic E-state index is 12.9. The summed E-state index contributed by atoms with van der Waals surface area (Å²) in [5, 5.41) is 6.54. The molecular weight excluding hydrogens is 337 g/mol. The fourth-order valence-corrected chi connectivity index (χ4v) is 2.24. The first-order valence-electron chi connectivity index (χ1n) is 8.24. The molecule has 0 saturated carbocycles. The van der Waals surface area contributed by atoms with E-state index < -0.39 is 0 Å². The van der Waals surface area contributed by atoms with Crippen LogP contribution in [0, 0.1) is 5.82 Å². The van der Waals surface area contributed by atoms with Crippen LogP contribution >= 0.6 is 0 Å². The van der Waals surface area contributed by atoms with Gasteiger partial charge in [0.15, 0.2) is 0 Å². The highest BCUT2D eigenvalue weighted by atomic mass is 19.1. The normalized spacial score (nSPS) is 10.5. The molecule has 0 saturated heterocycles. The van der Waals surface area contributed by atoms with Gasteiger partial charge >= 0.3 is 0 Å². The van der Waals surface area contributed by atoms with Crippen LogP contribution in [0.15, 0.2) is 59.1 Å². The minimum atomic E-state index is -0.332. The molecular formula is C19H18FN3O3. The number of ether oxygens (including phenoxy) is 1. The van der Waals surface area contributed by atoms with Crippen LogP contribution in [0.5, 0.6) is 5.75 Å². The third-order valence-corrected chi connectivity index (χ3v) is 3.57. The van der Waals surface area contributed by atoms with Crippen LogP contribution in [-0.2, 0) is 11.3 Å². The lowest BCUT2D eigenvalue weighted by Crippen LogP contribution is -2.23. The van der Waals surface area contributed by atoms with Gasteiger partial charge in [0.25, 0.3) is 0 Å². The Labute approximate surface area is 150 Å². The van der Waals surface area contributed by atoms with Gasteiger partial charge in [-0.15, -0.1) is 0 Å². The molecule has 0 aliphatic rings. The van der Waals surface area contributed by atoms with E-state index in [9.17, 15) is 9.18 Å². The zero-order valence-corrected chi connectivity index (χ0v) is 14.0. The molecule has 6 nitrogen and oxygen atoms in total. The average Bonchev–Trinajstić information content (AvgIpc) is 3.14. The molecule has 1 aromatic heterocycles. The predicted molar refractivity (Wildman–Crippen MR) is 92.7 cm³/mol. The Balaban J connectivity index is 1.38. The fraction of sp³-hybridized carbons (Fsp3) is 0.211. The predicted octanol–water partition coefficient (Wildman–Crippen LogP) is 3.35. The molecule has 2 aromatic carbocycles. The lowest BCUT2D eigenvalue weighted by molar-refractivity contribution is -0.121. The Bertz CT molecular complexity index is 835. The molecule has 0 unspecified atom stereocenters. The number of amides is 1. The Morgan fingerprint density at radius 2 is 1.88 bits per heavy atom. The number of halogens is 1. The van der Waals surface area contributed by atoms with Gasteiger partial charge in [-0.1, -0.05) is 23.4 Å². The van der Waals surface area contributed by atoms with Gasteiger partial charge in [-0.2, -0.15) is 4.98 Å². The van der Waals surface area contributed by atoms with Crippen LogP contribution in [0.25, 0.3) is 11.4 Å². The molecule has 1 N–H and O–H groups in total. The largest absolute Gasteiger partial charge is 0.494 e. The Morgan fingerprint density at radius 3 is 2.65 bits per heavy atom. The number of rotatable bonds is 8. The molecule has 0 aliphatic carbocycles. The molecule has 3 rings (SSSR count). The summed E-state index contributed by atoms with van der Waals surface area (Å²) in [5.41, 5.74) is 0.644. The number of nitrogens with one attached hydrogen (secondary N) is 1. The van der Waals surface area contributed by atoms with Gasteiger partial charge in [0, 0.05) is 12.0 Å². The summed E-state index contributed by atoms with van der Waals surface area (Å²) < 4.78 is 23.5. The first-order valence-corrected chi connectivity index (χ1v) is 8.24. The van der Waals surface area contributed by atoms with Gasteiger partial charge in [-0.25, -0.2) is 4.39 Å². The fourth-order valence-electron chi connectivity index (χ4n) is 2.24. The van der Waals surface area contributed by atoms with E-state index in [1.807, 2.05) is 30.3 Å². The Hall–Kier alpha value is -3.22. The summed E-state index contributed by atoms with van der Waals surface area (Å²) in [6, 6.07) is 15.2. The van der Waals surface area contributed by atoms with E-state index in [2.05, 4.69) is 15.5 Å². The maximum Gasteiger partial charge on any atom is 0.246 e. The third kappa shape index (κ3) is 5.14. The SMILES string of the molecule is O=C(CCCOc1ccccc1)NCc1nc(-c2ccc(F)cc2)no1. The molecule has 0 spiro atoms. The molecule has 0 atom stereocenters. The van der Waals surface area contributed by atoms with Crippen LogP contribution < -0.4 is 10.1 Å². The van der Waals surface area contributed by atoms with Crippen LogP contribution in [0.1, 0.15) is 18.7 Å². The Morgan fingerprint density at radius 1 is 1.12 bits per heavy atom. The quantitative estimate of drug-likeness (QED) is 0.627. The van der Waals surface area contributed by atoms with Crippen molar-refractivity contribution in [1.82, 2.24) is 15.5 Å². The van der Waals surface area contributed by atoms with Crippen molar-refractivity contribution < 1.29 is 18.4 Å². The lowest BCUT2D eigenvalue weighted by Gasteiger charge is -2.05. The molecule has 3 aromatic rings. The summed E-state index contributed by atoms with van der Waals surface area (Å²) in [5.74, 6) is 0.972. The van der Waals surface area contributed by atoms with E-state index in [1.54, 1.807) is 12.1 Å². The summed E-state index contributed by atoms with van der Waals surface area (Å²) >= 11 is 0. The molecule has 0 aliphatic heterocycles. The maximum atomic E-state index is 12.9. The smallest absolute Gasteiger partial charge is 0.246 e. The number of carbonyl (C=O) groups excluding carboxylic acids is 1. The molecule has 7 heteroatoms. The lowest BCUT2D eigenvalue weighted by atomic mass is 10.2. The number of hydrogen-bond acceptors (Lipinski definition) is 5. The minimum absolute atomic E-state index is 0.122. The second-order valence-corrected chi connectivity index (χ2v) is 5.56. The van der Waals surface area contributed by atoms with Crippen molar-refractivity contribution >= 4 is 5.91 Å². The molecule has 26 heavy (non-hydrogen) atoms. The number of para-hydroxylation sites is 1. The minimum Gasteiger partial charge on any atom is -0.494 e. The van der Waals surface area contributed by atoms with Crippen molar-refractivity contribution in [3.63, 3.8) is 0 Å². The van der Waals surface area contributed by atoms with Crippen molar-refractivity contribution in [1.29, 1.82) is 0 Å². The number of carbonyl (C=O) groups is 1. The molecule has 0 radical (unpaired) electrons. The van der Waals surface area contributed by atoms with Crippen LogP contribution in [0.4, 0.5) is 4.39 Å². The van der Waals surface area contributed by atoms with Gasteiger partial charge in [-0.3, -0.25) is 4.79 Å². The number of benzene rings is 2. The molecule has 134 valence electrons. The third-order valence-electron chi connectivity index (χ3n) is 3.57. The highest BCUT2D eigenvalue weighted by Crippen LogP contribution is 2.16. The summed E-state index contributed by atoms with van der Waals surface area (Å²) in [6.45, 7) is 0.610. The highest BCUT2D eigenvalue weighted by molar-refractivity contribution is 5.75. The van der Waals surface area contributed by atoms with E-state index in [4.69, 9.17) is 9.26 Å². The molecule has 0 bridgehead atoms. The van der Waals surface area contributed by atoms with Crippen molar-refractivity contribution in [2.24, 2.45) is 0 Å². The summed E-state index contributed by atoms with van der Waals surface area (Å²) in [4.78, 5) is 16.0. The highest BCUT2D eigenvalue weighted by Gasteiger charge is 2.10. The first-order chi connectivity index (χ1) is 12.7.